The number of nitrogens with one attached hydrogen (secondary N) is 1. The first kappa shape index (κ1) is 14.5. The lowest BCUT2D eigenvalue weighted by Gasteiger charge is -2.30. The Morgan fingerprint density at radius 1 is 1.47 bits per heavy atom. The maximum Gasteiger partial charge on any atom is 0.137 e. The Hall–Kier alpha value is -0.930. The average molecular weight is 284 g/mol. The molecule has 0 bridgehead atoms. The highest BCUT2D eigenvalue weighted by atomic mass is 35.5. The molecule has 0 radical (unpaired) electrons. The third-order valence-corrected chi connectivity index (χ3v) is 3.80. The average Bonchev–Trinajstić information content (AvgIpc) is 2.40. The van der Waals surface area contributed by atoms with Crippen molar-refractivity contribution in [3.63, 3.8) is 0 Å². The molecule has 1 fully saturated rings. The summed E-state index contributed by atoms with van der Waals surface area (Å²) in [5.74, 6) is 0.711. The van der Waals surface area contributed by atoms with E-state index in [0.29, 0.717) is 22.9 Å². The molecule has 4 heteroatoms. The van der Waals surface area contributed by atoms with Crippen LogP contribution in [0.15, 0.2) is 18.2 Å². The van der Waals surface area contributed by atoms with E-state index in [9.17, 15) is 0 Å². The number of ether oxygens (including phenoxy) is 2. The molecule has 1 aliphatic rings. The molecule has 0 spiro atoms. The highest BCUT2D eigenvalue weighted by Crippen LogP contribution is 2.29. The molecule has 0 aromatic heterocycles. The first-order valence-corrected chi connectivity index (χ1v) is 7.32. The summed E-state index contributed by atoms with van der Waals surface area (Å²) in [6.07, 6.45) is 4.82. The Balaban J connectivity index is 1.94. The topological polar surface area (TPSA) is 30.5 Å². The molecule has 1 aromatic carbocycles. The van der Waals surface area contributed by atoms with Gasteiger partial charge in [-0.15, -0.1) is 0 Å². The third-order valence-electron chi connectivity index (χ3n) is 3.50. The lowest BCUT2D eigenvalue weighted by atomic mass is 10.00. The maximum atomic E-state index is 6.14. The van der Waals surface area contributed by atoms with Crippen molar-refractivity contribution < 1.29 is 9.47 Å². The third kappa shape index (κ3) is 4.02. The van der Waals surface area contributed by atoms with Crippen LogP contribution in [0.1, 0.15) is 32.6 Å². The van der Waals surface area contributed by atoms with Crippen molar-refractivity contribution in [2.45, 2.75) is 44.8 Å². The van der Waals surface area contributed by atoms with Crippen molar-refractivity contribution in [2.24, 2.45) is 0 Å². The van der Waals surface area contributed by atoms with Crippen molar-refractivity contribution in [1.29, 1.82) is 0 Å². The van der Waals surface area contributed by atoms with E-state index in [1.807, 2.05) is 18.2 Å². The molecule has 0 aliphatic carbocycles. The van der Waals surface area contributed by atoms with Crippen LogP contribution < -0.4 is 10.1 Å². The van der Waals surface area contributed by atoms with Crippen LogP contribution in [0.4, 0.5) is 5.69 Å². The number of anilines is 1. The van der Waals surface area contributed by atoms with E-state index in [4.69, 9.17) is 21.1 Å². The Morgan fingerprint density at radius 3 is 3.00 bits per heavy atom. The molecular formula is C15H22ClNO2. The zero-order chi connectivity index (χ0) is 13.7. The summed E-state index contributed by atoms with van der Waals surface area (Å²) in [6.45, 7) is 3.04. The first-order chi connectivity index (χ1) is 9.22. The second kappa shape index (κ2) is 7.01. The molecule has 106 valence electrons. The van der Waals surface area contributed by atoms with Crippen molar-refractivity contribution in [1.82, 2.24) is 0 Å². The van der Waals surface area contributed by atoms with E-state index in [-0.39, 0.29) is 0 Å². The van der Waals surface area contributed by atoms with Crippen LogP contribution in [0.25, 0.3) is 0 Å². The lowest BCUT2D eigenvalue weighted by molar-refractivity contribution is 0.00598. The Morgan fingerprint density at radius 2 is 2.32 bits per heavy atom. The molecule has 1 aromatic rings. The first-order valence-electron chi connectivity index (χ1n) is 6.94. The van der Waals surface area contributed by atoms with E-state index in [0.717, 1.165) is 31.6 Å². The van der Waals surface area contributed by atoms with Crippen molar-refractivity contribution >= 4 is 17.3 Å². The van der Waals surface area contributed by atoms with Crippen molar-refractivity contribution in [2.75, 3.05) is 19.0 Å². The number of benzene rings is 1. The molecule has 2 atom stereocenters. The van der Waals surface area contributed by atoms with Gasteiger partial charge >= 0.3 is 0 Å². The van der Waals surface area contributed by atoms with E-state index >= 15 is 0 Å². The Bertz CT molecular complexity index is 409. The normalized spacial score (nSPS) is 23.1. The fraction of sp³-hybridized carbons (Fsp3) is 0.600. The predicted molar refractivity (Wildman–Crippen MR) is 79.3 cm³/mol. The van der Waals surface area contributed by atoms with Gasteiger partial charge in [-0.3, -0.25) is 0 Å². The largest absolute Gasteiger partial charge is 0.495 e. The highest BCUT2D eigenvalue weighted by molar-refractivity contribution is 6.32. The van der Waals surface area contributed by atoms with Crippen LogP contribution in [-0.4, -0.2) is 25.9 Å². The summed E-state index contributed by atoms with van der Waals surface area (Å²) < 4.78 is 10.9. The highest BCUT2D eigenvalue weighted by Gasteiger charge is 2.21. The molecule has 3 nitrogen and oxygen atoms in total. The van der Waals surface area contributed by atoms with E-state index in [2.05, 4.69) is 12.2 Å². The van der Waals surface area contributed by atoms with Gasteiger partial charge < -0.3 is 14.8 Å². The number of hydrogen-bond acceptors (Lipinski definition) is 3. The smallest absolute Gasteiger partial charge is 0.137 e. The van der Waals surface area contributed by atoms with E-state index in [1.54, 1.807) is 7.11 Å². The van der Waals surface area contributed by atoms with Gasteiger partial charge in [-0.25, -0.2) is 0 Å². The van der Waals surface area contributed by atoms with Gasteiger partial charge in [0.2, 0.25) is 0 Å². The fourth-order valence-corrected chi connectivity index (χ4v) is 2.78. The van der Waals surface area contributed by atoms with Crippen molar-refractivity contribution in [3.05, 3.63) is 23.2 Å². The van der Waals surface area contributed by atoms with E-state index in [1.165, 1.54) is 6.42 Å². The SMILES string of the molecule is CCCC1CC(Nc2ccc(OC)c(Cl)c2)CCO1. The molecule has 2 unspecified atom stereocenters. The Labute approximate surface area is 120 Å². The van der Waals surface area contributed by atoms with Crippen LogP contribution in [-0.2, 0) is 4.74 Å². The van der Waals surface area contributed by atoms with Gasteiger partial charge in [-0.1, -0.05) is 24.9 Å². The molecule has 1 saturated heterocycles. The zero-order valence-electron chi connectivity index (χ0n) is 11.6. The summed E-state index contributed by atoms with van der Waals surface area (Å²) in [5, 5.41) is 4.18. The molecule has 19 heavy (non-hydrogen) atoms. The fourth-order valence-electron chi connectivity index (χ4n) is 2.53. The molecule has 1 N–H and O–H groups in total. The summed E-state index contributed by atoms with van der Waals surface area (Å²) in [7, 11) is 1.63. The van der Waals surface area contributed by atoms with Crippen LogP contribution in [0.2, 0.25) is 5.02 Å². The van der Waals surface area contributed by atoms with Gasteiger partial charge in [0.15, 0.2) is 0 Å². The predicted octanol–water partition coefficient (Wildman–Crippen LogP) is 4.11. The van der Waals surface area contributed by atoms with Gasteiger partial charge in [0, 0.05) is 18.3 Å². The zero-order valence-corrected chi connectivity index (χ0v) is 12.4. The molecule has 0 saturated carbocycles. The summed E-state index contributed by atoms with van der Waals surface area (Å²) in [6, 6.07) is 6.29. The number of methoxy groups -OCH3 is 1. The van der Waals surface area contributed by atoms with Gasteiger partial charge in [0.05, 0.1) is 18.2 Å². The van der Waals surface area contributed by atoms with E-state index < -0.39 is 0 Å². The standard InChI is InChI=1S/C15H22ClNO2/c1-3-4-13-9-12(7-8-19-13)17-11-5-6-15(18-2)14(16)10-11/h5-6,10,12-13,17H,3-4,7-9H2,1-2H3. The van der Waals surface area contributed by atoms with Crippen LogP contribution in [0.5, 0.6) is 5.75 Å². The summed E-state index contributed by atoms with van der Waals surface area (Å²) in [5.41, 5.74) is 1.05. The number of hydrogen-bond donors (Lipinski definition) is 1. The van der Waals surface area contributed by atoms with Crippen LogP contribution in [0.3, 0.4) is 0 Å². The minimum absolute atomic E-state index is 0.393. The molecule has 1 heterocycles. The Kier molecular flexibility index (Phi) is 5.34. The monoisotopic (exact) mass is 283 g/mol. The quantitative estimate of drug-likeness (QED) is 0.882. The summed E-state index contributed by atoms with van der Waals surface area (Å²) >= 11 is 6.14. The number of halogens is 1. The van der Waals surface area contributed by atoms with Crippen LogP contribution >= 0.6 is 11.6 Å². The van der Waals surface area contributed by atoms with Gasteiger partial charge in [0.1, 0.15) is 5.75 Å². The maximum absolute atomic E-state index is 6.14. The van der Waals surface area contributed by atoms with Gasteiger partial charge in [-0.05, 0) is 37.5 Å². The second-order valence-electron chi connectivity index (χ2n) is 5.00. The van der Waals surface area contributed by atoms with Crippen molar-refractivity contribution in [3.8, 4) is 5.75 Å². The second-order valence-corrected chi connectivity index (χ2v) is 5.40. The minimum Gasteiger partial charge on any atom is -0.495 e. The lowest BCUT2D eigenvalue weighted by Crippen LogP contribution is -2.33. The van der Waals surface area contributed by atoms with Gasteiger partial charge in [0.25, 0.3) is 0 Å². The number of rotatable bonds is 5. The molecule has 1 aliphatic heterocycles. The molecular weight excluding hydrogens is 262 g/mol. The molecule has 2 rings (SSSR count). The van der Waals surface area contributed by atoms with Crippen LogP contribution in [0, 0.1) is 0 Å². The summed E-state index contributed by atoms with van der Waals surface area (Å²) in [4.78, 5) is 0. The molecule has 0 amide bonds. The minimum atomic E-state index is 0.393. The van der Waals surface area contributed by atoms with Gasteiger partial charge in [-0.2, -0.15) is 0 Å².